The van der Waals surface area contributed by atoms with E-state index in [1.807, 2.05) is 18.2 Å². The summed E-state index contributed by atoms with van der Waals surface area (Å²) in [5, 5.41) is 9.80. The summed E-state index contributed by atoms with van der Waals surface area (Å²) in [4.78, 5) is 11.7. The summed E-state index contributed by atoms with van der Waals surface area (Å²) >= 11 is 12.8. The molecular formula is C19H14Br2ClNO3. The molecule has 2 aromatic carbocycles. The van der Waals surface area contributed by atoms with Gasteiger partial charge in [-0.3, -0.25) is 0 Å². The van der Waals surface area contributed by atoms with Crippen LogP contribution in [-0.2, 0) is 16.1 Å². The summed E-state index contributed by atoms with van der Waals surface area (Å²) in [6.45, 7) is 2.27. The molecule has 0 N–H and O–H groups in total. The molecule has 0 radical (unpaired) electrons. The molecule has 7 heteroatoms. The molecule has 0 amide bonds. The summed E-state index contributed by atoms with van der Waals surface area (Å²) in [6, 6.07) is 12.8. The minimum atomic E-state index is -0.648. The predicted octanol–water partition coefficient (Wildman–Crippen LogP) is 5.91. The Hall–Kier alpha value is -1.81. The van der Waals surface area contributed by atoms with Crippen molar-refractivity contribution in [1.82, 2.24) is 0 Å². The van der Waals surface area contributed by atoms with Crippen molar-refractivity contribution in [2.75, 3.05) is 6.61 Å². The minimum absolute atomic E-state index is 0.0690. The van der Waals surface area contributed by atoms with Crippen molar-refractivity contribution in [3.8, 4) is 11.8 Å². The van der Waals surface area contributed by atoms with Crippen LogP contribution in [0.1, 0.15) is 18.1 Å². The summed E-state index contributed by atoms with van der Waals surface area (Å²) in [7, 11) is 0. The smallest absolute Gasteiger partial charge is 0.348 e. The third-order valence-corrected chi connectivity index (χ3v) is 4.67. The number of esters is 1. The van der Waals surface area contributed by atoms with E-state index in [9.17, 15) is 4.79 Å². The molecule has 26 heavy (non-hydrogen) atoms. The molecule has 0 heterocycles. The highest BCUT2D eigenvalue weighted by Crippen LogP contribution is 2.36. The number of hydrogen-bond donors (Lipinski definition) is 0. The Labute approximate surface area is 173 Å². The number of nitriles is 1. The summed E-state index contributed by atoms with van der Waals surface area (Å²) < 4.78 is 12.1. The average molecular weight is 500 g/mol. The van der Waals surface area contributed by atoms with E-state index in [0.29, 0.717) is 31.9 Å². The molecule has 0 fully saturated rings. The maximum Gasteiger partial charge on any atom is 0.348 e. The summed E-state index contributed by atoms with van der Waals surface area (Å²) in [5.74, 6) is -0.0305. The second-order valence-electron chi connectivity index (χ2n) is 5.12. The Morgan fingerprint density at radius 2 is 1.85 bits per heavy atom. The highest BCUT2D eigenvalue weighted by atomic mass is 79.9. The molecule has 0 atom stereocenters. The van der Waals surface area contributed by atoms with E-state index in [1.54, 1.807) is 31.2 Å². The average Bonchev–Trinajstić information content (AvgIpc) is 2.60. The quantitative estimate of drug-likeness (QED) is 0.282. The van der Waals surface area contributed by atoms with E-state index in [0.717, 1.165) is 5.56 Å². The standard InChI is InChI=1S/C19H14Br2ClNO3/c1-2-25-19(24)14(10-23)7-13-8-16(20)18(17(21)9-13)26-11-12-3-5-15(22)6-4-12/h3-9H,2,11H2,1H3/b14-7+. The molecule has 0 aliphatic heterocycles. The first-order valence-electron chi connectivity index (χ1n) is 7.59. The van der Waals surface area contributed by atoms with Gasteiger partial charge in [-0.2, -0.15) is 5.26 Å². The van der Waals surface area contributed by atoms with Gasteiger partial charge in [0, 0.05) is 5.02 Å². The van der Waals surface area contributed by atoms with Crippen LogP contribution < -0.4 is 4.74 Å². The van der Waals surface area contributed by atoms with Gasteiger partial charge in [0.25, 0.3) is 0 Å². The van der Waals surface area contributed by atoms with Gasteiger partial charge in [0.1, 0.15) is 24.0 Å². The number of hydrogen-bond acceptors (Lipinski definition) is 4. The minimum Gasteiger partial charge on any atom is -0.487 e. The first-order chi connectivity index (χ1) is 12.4. The fourth-order valence-electron chi connectivity index (χ4n) is 2.05. The largest absolute Gasteiger partial charge is 0.487 e. The van der Waals surface area contributed by atoms with Crippen LogP contribution in [0.2, 0.25) is 5.02 Å². The Bertz CT molecular complexity index is 850. The highest BCUT2D eigenvalue weighted by Gasteiger charge is 2.13. The molecule has 2 rings (SSSR count). The SMILES string of the molecule is CCOC(=O)/C(C#N)=C/c1cc(Br)c(OCc2ccc(Cl)cc2)c(Br)c1. The fraction of sp³-hybridized carbons (Fsp3) is 0.158. The van der Waals surface area contributed by atoms with Crippen LogP contribution >= 0.6 is 43.5 Å². The Morgan fingerprint density at radius 3 is 2.38 bits per heavy atom. The molecule has 0 unspecified atom stereocenters. The van der Waals surface area contributed by atoms with Gasteiger partial charge in [0.15, 0.2) is 0 Å². The molecule has 0 saturated heterocycles. The first kappa shape index (κ1) is 20.5. The Morgan fingerprint density at radius 1 is 1.23 bits per heavy atom. The van der Waals surface area contributed by atoms with Gasteiger partial charge in [0.05, 0.1) is 15.6 Å². The molecule has 0 bridgehead atoms. The molecule has 0 spiro atoms. The number of nitrogens with zero attached hydrogens (tertiary/aromatic N) is 1. The van der Waals surface area contributed by atoms with Gasteiger partial charge in [-0.25, -0.2) is 4.79 Å². The van der Waals surface area contributed by atoms with Crippen LogP contribution in [0.3, 0.4) is 0 Å². The zero-order chi connectivity index (χ0) is 19.1. The Balaban J connectivity index is 2.20. The predicted molar refractivity (Wildman–Crippen MR) is 108 cm³/mol. The second kappa shape index (κ2) is 9.77. The van der Waals surface area contributed by atoms with Gasteiger partial charge >= 0.3 is 5.97 Å². The van der Waals surface area contributed by atoms with E-state index in [1.165, 1.54) is 6.08 Å². The number of ether oxygens (including phenoxy) is 2. The summed E-state index contributed by atoms with van der Waals surface area (Å²) in [6.07, 6.45) is 1.47. The van der Waals surface area contributed by atoms with Crippen LogP contribution in [0.4, 0.5) is 0 Å². The molecule has 134 valence electrons. The molecular weight excluding hydrogens is 485 g/mol. The second-order valence-corrected chi connectivity index (χ2v) is 7.26. The fourth-order valence-corrected chi connectivity index (χ4v) is 3.63. The van der Waals surface area contributed by atoms with Crippen LogP contribution in [0.15, 0.2) is 50.9 Å². The number of carbonyl (C=O) groups excluding carboxylic acids is 1. The zero-order valence-corrected chi connectivity index (χ0v) is 17.7. The maximum atomic E-state index is 11.7. The van der Waals surface area contributed by atoms with E-state index in [2.05, 4.69) is 31.9 Å². The third kappa shape index (κ3) is 5.60. The van der Waals surface area contributed by atoms with Crippen molar-refractivity contribution in [3.05, 3.63) is 67.1 Å². The van der Waals surface area contributed by atoms with Crippen molar-refractivity contribution in [2.45, 2.75) is 13.5 Å². The lowest BCUT2D eigenvalue weighted by Gasteiger charge is -2.12. The third-order valence-electron chi connectivity index (χ3n) is 3.24. The van der Waals surface area contributed by atoms with Crippen molar-refractivity contribution in [3.63, 3.8) is 0 Å². The van der Waals surface area contributed by atoms with E-state index in [4.69, 9.17) is 26.3 Å². The maximum absolute atomic E-state index is 11.7. The molecule has 4 nitrogen and oxygen atoms in total. The van der Waals surface area contributed by atoms with E-state index < -0.39 is 5.97 Å². The van der Waals surface area contributed by atoms with Crippen LogP contribution in [0, 0.1) is 11.3 Å². The van der Waals surface area contributed by atoms with Gasteiger partial charge in [-0.15, -0.1) is 0 Å². The van der Waals surface area contributed by atoms with E-state index in [-0.39, 0.29) is 12.2 Å². The number of rotatable bonds is 6. The monoisotopic (exact) mass is 497 g/mol. The topological polar surface area (TPSA) is 59.3 Å². The normalized spacial score (nSPS) is 11.0. The van der Waals surface area contributed by atoms with Crippen molar-refractivity contribution >= 4 is 55.5 Å². The molecule has 0 aliphatic carbocycles. The van der Waals surface area contributed by atoms with Crippen LogP contribution in [0.25, 0.3) is 6.08 Å². The van der Waals surface area contributed by atoms with Crippen molar-refractivity contribution in [2.24, 2.45) is 0 Å². The van der Waals surface area contributed by atoms with Gasteiger partial charge in [-0.1, -0.05) is 23.7 Å². The first-order valence-corrected chi connectivity index (χ1v) is 9.56. The lowest BCUT2D eigenvalue weighted by molar-refractivity contribution is -0.137. The van der Waals surface area contributed by atoms with E-state index >= 15 is 0 Å². The lowest BCUT2D eigenvalue weighted by atomic mass is 10.1. The lowest BCUT2D eigenvalue weighted by Crippen LogP contribution is -2.06. The zero-order valence-electron chi connectivity index (χ0n) is 13.8. The number of halogens is 3. The Kier molecular flexibility index (Phi) is 7.70. The number of carbonyl (C=O) groups is 1. The van der Waals surface area contributed by atoms with Crippen molar-refractivity contribution < 1.29 is 14.3 Å². The van der Waals surface area contributed by atoms with Gasteiger partial charge < -0.3 is 9.47 Å². The molecule has 0 aliphatic rings. The van der Waals surface area contributed by atoms with Crippen molar-refractivity contribution in [1.29, 1.82) is 5.26 Å². The summed E-state index contributed by atoms with van der Waals surface area (Å²) in [5.41, 5.74) is 1.57. The van der Waals surface area contributed by atoms with Gasteiger partial charge in [0.2, 0.25) is 0 Å². The molecule has 0 saturated carbocycles. The number of benzene rings is 2. The van der Waals surface area contributed by atoms with Crippen LogP contribution in [0.5, 0.6) is 5.75 Å². The highest BCUT2D eigenvalue weighted by molar-refractivity contribution is 9.11. The van der Waals surface area contributed by atoms with Crippen LogP contribution in [-0.4, -0.2) is 12.6 Å². The molecule has 0 aromatic heterocycles. The molecule has 2 aromatic rings. The van der Waals surface area contributed by atoms with Gasteiger partial charge in [-0.05, 0) is 80.3 Å².